The minimum absolute atomic E-state index is 0.0109. The summed E-state index contributed by atoms with van der Waals surface area (Å²) in [5.74, 6) is 1.57. The van der Waals surface area contributed by atoms with Crippen molar-refractivity contribution in [3.8, 4) is 5.75 Å². The van der Waals surface area contributed by atoms with Crippen molar-refractivity contribution in [3.05, 3.63) is 52.5 Å². The molecule has 1 heterocycles. The van der Waals surface area contributed by atoms with Gasteiger partial charge < -0.3 is 14.5 Å². The standard InChI is InChI=1S/C23H29NO4/c1-14(6-7-16-8-10-17(27-5)11-9-16)24-22(26)21-15(2)20-18(25)12-23(3,4)13-19(20)28-21/h8-11,14H,6-7,12-13H2,1-5H3,(H,24,26). The molecule has 3 rings (SSSR count). The molecule has 0 saturated heterocycles. The fourth-order valence-electron chi connectivity index (χ4n) is 3.84. The van der Waals surface area contributed by atoms with Crippen LogP contribution in [0.25, 0.3) is 0 Å². The summed E-state index contributed by atoms with van der Waals surface area (Å²) >= 11 is 0. The van der Waals surface area contributed by atoms with E-state index in [4.69, 9.17) is 9.15 Å². The van der Waals surface area contributed by atoms with Crippen molar-refractivity contribution in [1.29, 1.82) is 0 Å². The van der Waals surface area contributed by atoms with E-state index in [2.05, 4.69) is 5.32 Å². The minimum atomic E-state index is -0.250. The lowest BCUT2D eigenvalue weighted by Crippen LogP contribution is -2.33. The van der Waals surface area contributed by atoms with Crippen LogP contribution in [0.15, 0.2) is 28.7 Å². The molecule has 1 amide bonds. The molecular formula is C23H29NO4. The maximum atomic E-state index is 12.7. The zero-order chi connectivity index (χ0) is 20.5. The third-order valence-electron chi connectivity index (χ3n) is 5.39. The van der Waals surface area contributed by atoms with Crippen molar-refractivity contribution < 1.29 is 18.7 Å². The highest BCUT2D eigenvalue weighted by Crippen LogP contribution is 2.38. The average Bonchev–Trinajstić information content (AvgIpc) is 2.95. The minimum Gasteiger partial charge on any atom is -0.497 e. The molecule has 0 bridgehead atoms. The van der Waals surface area contributed by atoms with E-state index in [1.807, 2.05) is 45.0 Å². The van der Waals surface area contributed by atoms with E-state index in [9.17, 15) is 9.59 Å². The van der Waals surface area contributed by atoms with Gasteiger partial charge in [-0.3, -0.25) is 9.59 Å². The van der Waals surface area contributed by atoms with Gasteiger partial charge in [-0.1, -0.05) is 26.0 Å². The summed E-state index contributed by atoms with van der Waals surface area (Å²) in [4.78, 5) is 25.2. The van der Waals surface area contributed by atoms with Crippen molar-refractivity contribution in [2.45, 2.75) is 59.4 Å². The van der Waals surface area contributed by atoms with E-state index in [0.717, 1.165) is 18.6 Å². The van der Waals surface area contributed by atoms with Gasteiger partial charge in [-0.15, -0.1) is 0 Å². The Morgan fingerprint density at radius 2 is 1.93 bits per heavy atom. The molecule has 1 aromatic heterocycles. The van der Waals surface area contributed by atoms with Gasteiger partial charge in [0.2, 0.25) is 0 Å². The van der Waals surface area contributed by atoms with Crippen LogP contribution in [0.2, 0.25) is 0 Å². The monoisotopic (exact) mass is 383 g/mol. The van der Waals surface area contributed by atoms with Gasteiger partial charge in [0.1, 0.15) is 11.5 Å². The van der Waals surface area contributed by atoms with Crippen LogP contribution in [0, 0.1) is 12.3 Å². The number of rotatable bonds is 6. The molecule has 1 aromatic carbocycles. The average molecular weight is 383 g/mol. The second kappa shape index (κ2) is 7.82. The molecule has 0 aliphatic heterocycles. The number of carbonyl (C=O) groups is 2. The van der Waals surface area contributed by atoms with Gasteiger partial charge in [-0.05, 0) is 49.8 Å². The van der Waals surface area contributed by atoms with Crippen LogP contribution in [-0.2, 0) is 12.8 Å². The van der Waals surface area contributed by atoms with Gasteiger partial charge >= 0.3 is 0 Å². The van der Waals surface area contributed by atoms with Gasteiger partial charge in [-0.2, -0.15) is 0 Å². The summed E-state index contributed by atoms with van der Waals surface area (Å²) in [5, 5.41) is 3.01. The van der Waals surface area contributed by atoms with Crippen LogP contribution >= 0.6 is 0 Å². The number of hydrogen-bond acceptors (Lipinski definition) is 4. The molecule has 0 radical (unpaired) electrons. The molecule has 1 aliphatic carbocycles. The number of nitrogens with one attached hydrogen (secondary N) is 1. The lowest BCUT2D eigenvalue weighted by molar-refractivity contribution is 0.0883. The van der Waals surface area contributed by atoms with Gasteiger partial charge in [0, 0.05) is 24.4 Å². The molecule has 2 aromatic rings. The summed E-state index contributed by atoms with van der Waals surface area (Å²) in [5.41, 5.74) is 2.33. The summed E-state index contributed by atoms with van der Waals surface area (Å²) < 4.78 is 11.0. The number of Topliss-reactive ketones (excluding diaryl/α,β-unsaturated/α-hetero) is 1. The van der Waals surface area contributed by atoms with E-state index in [0.29, 0.717) is 29.7 Å². The van der Waals surface area contributed by atoms with E-state index in [1.165, 1.54) is 5.56 Å². The molecule has 28 heavy (non-hydrogen) atoms. The summed E-state index contributed by atoms with van der Waals surface area (Å²) in [6.45, 7) is 7.88. The SMILES string of the molecule is COc1ccc(CCC(C)NC(=O)c2oc3c(c2C)C(=O)CC(C)(C)C3)cc1. The summed E-state index contributed by atoms with van der Waals surface area (Å²) in [6, 6.07) is 7.93. The molecule has 5 heteroatoms. The van der Waals surface area contributed by atoms with Crippen LogP contribution in [0.1, 0.15) is 71.4 Å². The fraction of sp³-hybridized carbons (Fsp3) is 0.478. The number of ketones is 1. The van der Waals surface area contributed by atoms with E-state index < -0.39 is 0 Å². The fourth-order valence-corrected chi connectivity index (χ4v) is 3.84. The second-order valence-corrected chi connectivity index (χ2v) is 8.56. The van der Waals surface area contributed by atoms with Crippen LogP contribution in [0.4, 0.5) is 0 Å². The topological polar surface area (TPSA) is 68.5 Å². The summed E-state index contributed by atoms with van der Waals surface area (Å²) in [6.07, 6.45) is 2.82. The first-order chi connectivity index (χ1) is 13.2. The number of methoxy groups -OCH3 is 1. The first-order valence-corrected chi connectivity index (χ1v) is 9.79. The van der Waals surface area contributed by atoms with Crippen molar-refractivity contribution in [2.75, 3.05) is 7.11 Å². The first kappa shape index (κ1) is 20.2. The van der Waals surface area contributed by atoms with E-state index in [1.54, 1.807) is 14.0 Å². The van der Waals surface area contributed by atoms with Crippen molar-refractivity contribution >= 4 is 11.7 Å². The largest absolute Gasteiger partial charge is 0.497 e. The number of furan rings is 1. The Hall–Kier alpha value is -2.56. The molecule has 1 atom stereocenters. The van der Waals surface area contributed by atoms with Crippen LogP contribution < -0.4 is 10.1 Å². The Kier molecular flexibility index (Phi) is 5.64. The number of benzene rings is 1. The second-order valence-electron chi connectivity index (χ2n) is 8.56. The zero-order valence-corrected chi connectivity index (χ0v) is 17.3. The Labute approximate surface area is 166 Å². The van der Waals surface area contributed by atoms with Crippen LogP contribution in [-0.4, -0.2) is 24.8 Å². The Morgan fingerprint density at radius 3 is 2.57 bits per heavy atom. The lowest BCUT2D eigenvalue weighted by atomic mass is 9.76. The maximum absolute atomic E-state index is 12.7. The first-order valence-electron chi connectivity index (χ1n) is 9.79. The number of ether oxygens (including phenoxy) is 1. The van der Waals surface area contributed by atoms with Gasteiger partial charge in [0.15, 0.2) is 11.5 Å². The van der Waals surface area contributed by atoms with Crippen molar-refractivity contribution in [1.82, 2.24) is 5.32 Å². The van der Waals surface area contributed by atoms with Crippen LogP contribution in [0.5, 0.6) is 5.75 Å². The molecule has 1 aliphatic rings. The van der Waals surface area contributed by atoms with Gasteiger partial charge in [0.05, 0.1) is 12.7 Å². The molecule has 150 valence electrons. The molecule has 0 saturated carbocycles. The number of aryl methyl sites for hydroxylation is 1. The molecule has 1 unspecified atom stereocenters. The number of hydrogen-bond donors (Lipinski definition) is 1. The zero-order valence-electron chi connectivity index (χ0n) is 17.3. The highest BCUT2D eigenvalue weighted by Gasteiger charge is 2.37. The smallest absolute Gasteiger partial charge is 0.287 e. The Balaban J connectivity index is 1.63. The maximum Gasteiger partial charge on any atom is 0.287 e. The third-order valence-corrected chi connectivity index (χ3v) is 5.39. The van der Waals surface area contributed by atoms with Crippen molar-refractivity contribution in [3.63, 3.8) is 0 Å². The number of amides is 1. The predicted octanol–water partition coefficient (Wildman–Crippen LogP) is 4.50. The molecule has 0 spiro atoms. The number of fused-ring (bicyclic) bond motifs is 1. The van der Waals surface area contributed by atoms with Gasteiger partial charge in [-0.25, -0.2) is 0 Å². The highest BCUT2D eigenvalue weighted by molar-refractivity contribution is 6.03. The molecule has 5 nitrogen and oxygen atoms in total. The number of carbonyl (C=O) groups excluding carboxylic acids is 2. The Morgan fingerprint density at radius 1 is 1.25 bits per heavy atom. The van der Waals surface area contributed by atoms with Gasteiger partial charge in [0.25, 0.3) is 5.91 Å². The molecule has 1 N–H and O–H groups in total. The molecule has 0 fully saturated rings. The predicted molar refractivity (Wildman–Crippen MR) is 108 cm³/mol. The lowest BCUT2D eigenvalue weighted by Gasteiger charge is -2.27. The van der Waals surface area contributed by atoms with E-state index in [-0.39, 0.29) is 28.9 Å². The molecular weight excluding hydrogens is 354 g/mol. The summed E-state index contributed by atoms with van der Waals surface area (Å²) in [7, 11) is 1.65. The van der Waals surface area contributed by atoms with Crippen molar-refractivity contribution in [2.24, 2.45) is 5.41 Å². The van der Waals surface area contributed by atoms with E-state index >= 15 is 0 Å². The highest BCUT2D eigenvalue weighted by atomic mass is 16.5. The van der Waals surface area contributed by atoms with Crippen LogP contribution in [0.3, 0.4) is 0 Å². The quantitative estimate of drug-likeness (QED) is 0.797. The Bertz CT molecular complexity index is 877. The third kappa shape index (κ3) is 4.29. The normalized spacial score (nSPS) is 16.4.